The summed E-state index contributed by atoms with van der Waals surface area (Å²) in [6, 6.07) is 15.1. The van der Waals surface area contributed by atoms with Crippen molar-refractivity contribution < 1.29 is 13.2 Å². The summed E-state index contributed by atoms with van der Waals surface area (Å²) in [5, 5.41) is 0. The lowest BCUT2D eigenvalue weighted by molar-refractivity contribution is -0.129. The second-order valence-electron chi connectivity index (χ2n) is 6.23. The Morgan fingerprint density at radius 1 is 1.00 bits per heavy atom. The van der Waals surface area contributed by atoms with E-state index in [1.54, 1.807) is 13.1 Å². The normalized spacial score (nSPS) is 11.3. The Kier molecular flexibility index (Phi) is 6.33. The van der Waals surface area contributed by atoms with Crippen LogP contribution in [0.25, 0.3) is 0 Å². The first kappa shape index (κ1) is 19.1. The molecule has 2 aromatic rings. The Bertz CT molecular complexity index is 833. The van der Waals surface area contributed by atoms with Crippen LogP contribution in [0.4, 0.5) is 0 Å². The Balaban J connectivity index is 1.89. The van der Waals surface area contributed by atoms with E-state index < -0.39 is 10.0 Å². The third-order valence-electron chi connectivity index (χ3n) is 4.06. The molecule has 25 heavy (non-hydrogen) atoms. The molecule has 6 heteroatoms. The number of hydrogen-bond donors (Lipinski definition) is 1. The number of carbonyl (C=O) groups excluding carboxylic acids is 1. The zero-order chi connectivity index (χ0) is 18.4. The molecule has 0 spiro atoms. The molecule has 2 rings (SSSR count). The highest BCUT2D eigenvalue weighted by atomic mass is 32.2. The second-order valence-corrected chi connectivity index (χ2v) is 8.04. The molecule has 0 atom stereocenters. The van der Waals surface area contributed by atoms with E-state index in [1.807, 2.05) is 56.3 Å². The van der Waals surface area contributed by atoms with E-state index in [-0.39, 0.29) is 18.2 Å². The molecule has 1 N–H and O–H groups in total. The number of likely N-dealkylation sites (N-methyl/N-ethyl adjacent to an activating group) is 1. The number of carbonyl (C=O) groups is 1. The van der Waals surface area contributed by atoms with E-state index in [1.165, 1.54) is 4.90 Å². The summed E-state index contributed by atoms with van der Waals surface area (Å²) < 4.78 is 26.8. The molecule has 134 valence electrons. The van der Waals surface area contributed by atoms with E-state index >= 15 is 0 Å². The Morgan fingerprint density at radius 2 is 1.68 bits per heavy atom. The molecule has 1 amide bonds. The monoisotopic (exact) mass is 360 g/mol. The molecular formula is C19H24N2O3S. The Morgan fingerprint density at radius 3 is 2.32 bits per heavy atom. The van der Waals surface area contributed by atoms with E-state index in [0.717, 1.165) is 16.7 Å². The summed E-state index contributed by atoms with van der Waals surface area (Å²) in [6.45, 7) is 4.13. The van der Waals surface area contributed by atoms with Gasteiger partial charge in [0.05, 0.1) is 12.3 Å². The van der Waals surface area contributed by atoms with E-state index in [2.05, 4.69) is 4.72 Å². The van der Waals surface area contributed by atoms with Crippen molar-refractivity contribution in [3.8, 4) is 0 Å². The Hall–Kier alpha value is -2.18. The number of aryl methyl sites for hydroxylation is 2. The molecule has 2 aromatic carbocycles. The topological polar surface area (TPSA) is 66.5 Å². The number of nitrogens with zero attached hydrogens (tertiary/aromatic N) is 1. The number of hydrogen-bond acceptors (Lipinski definition) is 3. The van der Waals surface area contributed by atoms with Crippen LogP contribution in [-0.4, -0.2) is 32.8 Å². The smallest absolute Gasteiger partial charge is 0.237 e. The quantitative estimate of drug-likeness (QED) is 0.824. The predicted octanol–water partition coefficient (Wildman–Crippen LogP) is 2.38. The van der Waals surface area contributed by atoms with Gasteiger partial charge in [0.15, 0.2) is 0 Å². The van der Waals surface area contributed by atoms with Gasteiger partial charge in [0.25, 0.3) is 0 Å². The van der Waals surface area contributed by atoms with Gasteiger partial charge in [-0.25, -0.2) is 13.1 Å². The molecular weight excluding hydrogens is 336 g/mol. The zero-order valence-electron chi connectivity index (χ0n) is 14.8. The number of nitrogens with one attached hydrogen (secondary N) is 1. The van der Waals surface area contributed by atoms with E-state index in [9.17, 15) is 13.2 Å². The summed E-state index contributed by atoms with van der Waals surface area (Å²) in [5.74, 6) is -0.406. The van der Waals surface area contributed by atoms with Gasteiger partial charge in [-0.3, -0.25) is 4.79 Å². The maximum Gasteiger partial charge on any atom is 0.237 e. The molecule has 0 aromatic heterocycles. The van der Waals surface area contributed by atoms with Crippen molar-refractivity contribution in [1.29, 1.82) is 0 Å². The van der Waals surface area contributed by atoms with Crippen LogP contribution in [0.5, 0.6) is 0 Å². The van der Waals surface area contributed by atoms with Crippen LogP contribution >= 0.6 is 0 Å². The van der Waals surface area contributed by atoms with Gasteiger partial charge in [-0.2, -0.15) is 0 Å². The first-order valence-corrected chi connectivity index (χ1v) is 9.73. The fraction of sp³-hybridized carbons (Fsp3) is 0.316. The second kappa shape index (κ2) is 8.27. The number of sulfonamides is 1. The minimum atomic E-state index is -3.56. The summed E-state index contributed by atoms with van der Waals surface area (Å²) in [6.07, 6.45) is 0. The fourth-order valence-electron chi connectivity index (χ4n) is 2.42. The van der Waals surface area contributed by atoms with Crippen molar-refractivity contribution in [2.24, 2.45) is 0 Å². The lowest BCUT2D eigenvalue weighted by atomic mass is 10.1. The van der Waals surface area contributed by atoms with Gasteiger partial charge < -0.3 is 4.90 Å². The number of rotatable bonds is 7. The van der Waals surface area contributed by atoms with Gasteiger partial charge in [-0.1, -0.05) is 48.5 Å². The zero-order valence-corrected chi connectivity index (χ0v) is 15.6. The van der Waals surface area contributed by atoms with Gasteiger partial charge in [0.1, 0.15) is 0 Å². The molecule has 0 saturated heterocycles. The lowest BCUT2D eigenvalue weighted by Gasteiger charge is -2.17. The van der Waals surface area contributed by atoms with Gasteiger partial charge in [0.2, 0.25) is 15.9 Å². The minimum Gasteiger partial charge on any atom is -0.340 e. The molecule has 0 unspecified atom stereocenters. The first-order valence-electron chi connectivity index (χ1n) is 8.08. The maximum atomic E-state index is 12.2. The molecule has 0 aliphatic heterocycles. The van der Waals surface area contributed by atoms with Crippen molar-refractivity contribution in [2.75, 3.05) is 13.6 Å². The van der Waals surface area contributed by atoms with Crippen LogP contribution in [-0.2, 0) is 27.1 Å². The van der Waals surface area contributed by atoms with Crippen molar-refractivity contribution in [1.82, 2.24) is 9.62 Å². The van der Waals surface area contributed by atoms with Crippen LogP contribution in [0.15, 0.2) is 48.5 Å². The minimum absolute atomic E-state index is 0.135. The molecule has 0 heterocycles. The van der Waals surface area contributed by atoms with E-state index in [0.29, 0.717) is 12.1 Å². The third kappa shape index (κ3) is 5.99. The van der Waals surface area contributed by atoms with Crippen LogP contribution in [0, 0.1) is 13.8 Å². The van der Waals surface area contributed by atoms with Crippen molar-refractivity contribution in [3.63, 3.8) is 0 Å². The molecule has 0 radical (unpaired) electrons. The molecule has 0 bridgehead atoms. The summed E-state index contributed by atoms with van der Waals surface area (Å²) >= 11 is 0. The Labute approximate surface area is 149 Å². The van der Waals surface area contributed by atoms with Crippen LogP contribution < -0.4 is 4.72 Å². The van der Waals surface area contributed by atoms with Gasteiger partial charge in [-0.15, -0.1) is 0 Å². The lowest BCUT2D eigenvalue weighted by Crippen LogP contribution is -2.38. The van der Waals surface area contributed by atoms with E-state index in [4.69, 9.17) is 0 Å². The number of benzene rings is 2. The SMILES string of the molecule is Cc1ccc(CS(=O)(=O)NCC(=O)N(C)Cc2ccccc2)cc1C. The van der Waals surface area contributed by atoms with Crippen molar-refractivity contribution in [2.45, 2.75) is 26.1 Å². The molecule has 5 nitrogen and oxygen atoms in total. The fourth-order valence-corrected chi connectivity index (χ4v) is 3.48. The van der Waals surface area contributed by atoms with Crippen molar-refractivity contribution in [3.05, 3.63) is 70.8 Å². The van der Waals surface area contributed by atoms with Crippen LogP contribution in [0.1, 0.15) is 22.3 Å². The van der Waals surface area contributed by atoms with Gasteiger partial charge in [-0.05, 0) is 36.1 Å². The van der Waals surface area contributed by atoms with Crippen molar-refractivity contribution >= 4 is 15.9 Å². The summed E-state index contributed by atoms with van der Waals surface area (Å²) in [5.41, 5.74) is 3.87. The van der Waals surface area contributed by atoms with Crippen LogP contribution in [0.3, 0.4) is 0 Å². The third-order valence-corrected chi connectivity index (χ3v) is 5.36. The van der Waals surface area contributed by atoms with Crippen LogP contribution in [0.2, 0.25) is 0 Å². The largest absolute Gasteiger partial charge is 0.340 e. The summed E-state index contributed by atoms with van der Waals surface area (Å²) in [7, 11) is -1.90. The molecule has 0 aliphatic rings. The predicted molar refractivity (Wildman–Crippen MR) is 99.5 cm³/mol. The highest BCUT2D eigenvalue weighted by Gasteiger charge is 2.16. The average molecular weight is 360 g/mol. The van der Waals surface area contributed by atoms with Gasteiger partial charge in [0, 0.05) is 13.6 Å². The average Bonchev–Trinajstić information content (AvgIpc) is 2.57. The standard InChI is InChI=1S/C19H24N2O3S/c1-15-9-10-18(11-16(15)2)14-25(23,24)20-12-19(22)21(3)13-17-7-5-4-6-8-17/h4-11,20H,12-14H2,1-3H3. The molecule has 0 saturated carbocycles. The molecule has 0 fully saturated rings. The summed E-state index contributed by atoms with van der Waals surface area (Å²) in [4.78, 5) is 13.7. The number of amides is 1. The first-order chi connectivity index (χ1) is 11.8. The maximum absolute atomic E-state index is 12.2. The highest BCUT2D eigenvalue weighted by molar-refractivity contribution is 7.88. The highest BCUT2D eigenvalue weighted by Crippen LogP contribution is 2.12. The molecule has 0 aliphatic carbocycles. The van der Waals surface area contributed by atoms with Gasteiger partial charge >= 0.3 is 0 Å².